The van der Waals surface area contributed by atoms with Crippen LogP contribution in [0.3, 0.4) is 0 Å². The third-order valence-corrected chi connectivity index (χ3v) is 4.86. The number of halogens is 1. The van der Waals surface area contributed by atoms with Gasteiger partial charge in [0.15, 0.2) is 0 Å². The van der Waals surface area contributed by atoms with E-state index in [-0.39, 0.29) is 0 Å². The van der Waals surface area contributed by atoms with Crippen LogP contribution in [-0.2, 0) is 6.54 Å². The Labute approximate surface area is 113 Å². The highest BCUT2D eigenvalue weighted by Crippen LogP contribution is 2.27. The summed E-state index contributed by atoms with van der Waals surface area (Å²) in [6, 6.07) is 8.81. The second-order valence-corrected chi connectivity index (χ2v) is 6.29. The first-order valence-electron chi connectivity index (χ1n) is 6.28. The molecule has 0 saturated heterocycles. The van der Waals surface area contributed by atoms with Gasteiger partial charge in [0.25, 0.3) is 0 Å². The van der Waals surface area contributed by atoms with Crippen molar-refractivity contribution in [1.82, 2.24) is 5.32 Å². The van der Waals surface area contributed by atoms with Gasteiger partial charge in [0.1, 0.15) is 0 Å². The van der Waals surface area contributed by atoms with Crippen LogP contribution in [0.4, 0.5) is 0 Å². The van der Waals surface area contributed by atoms with Gasteiger partial charge in [-0.3, -0.25) is 0 Å². The Morgan fingerprint density at radius 2 is 2.06 bits per heavy atom. The summed E-state index contributed by atoms with van der Waals surface area (Å²) in [7, 11) is 0. The SMILES string of the molecule is CSC1CCC(NCc2cccc(Cl)c2)CC1. The van der Waals surface area contributed by atoms with Crippen LogP contribution >= 0.6 is 23.4 Å². The van der Waals surface area contributed by atoms with Crippen LogP contribution in [0.1, 0.15) is 31.2 Å². The van der Waals surface area contributed by atoms with Crippen LogP contribution in [0.25, 0.3) is 0 Å². The summed E-state index contributed by atoms with van der Waals surface area (Å²) < 4.78 is 0. The van der Waals surface area contributed by atoms with Gasteiger partial charge in [-0.15, -0.1) is 0 Å². The molecule has 0 amide bonds. The fraction of sp³-hybridized carbons (Fsp3) is 0.571. The van der Waals surface area contributed by atoms with E-state index in [0.717, 1.165) is 16.8 Å². The lowest BCUT2D eigenvalue weighted by Gasteiger charge is -2.28. The van der Waals surface area contributed by atoms with Gasteiger partial charge >= 0.3 is 0 Å². The summed E-state index contributed by atoms with van der Waals surface area (Å²) in [4.78, 5) is 0. The van der Waals surface area contributed by atoms with Gasteiger partial charge in [-0.25, -0.2) is 0 Å². The van der Waals surface area contributed by atoms with Crippen molar-refractivity contribution in [2.45, 2.75) is 43.5 Å². The topological polar surface area (TPSA) is 12.0 Å². The van der Waals surface area contributed by atoms with Crippen LogP contribution in [-0.4, -0.2) is 17.5 Å². The molecule has 0 bridgehead atoms. The molecule has 1 aliphatic carbocycles. The minimum Gasteiger partial charge on any atom is -0.310 e. The van der Waals surface area contributed by atoms with Gasteiger partial charge in [0, 0.05) is 22.9 Å². The molecule has 3 heteroatoms. The van der Waals surface area contributed by atoms with Crippen molar-refractivity contribution in [1.29, 1.82) is 0 Å². The standard InChI is InChI=1S/C14H20ClNS/c1-17-14-7-5-13(6-8-14)16-10-11-3-2-4-12(15)9-11/h2-4,9,13-14,16H,5-8,10H2,1H3. The number of rotatable bonds is 4. The Hall–Kier alpha value is -0.180. The monoisotopic (exact) mass is 269 g/mol. The lowest BCUT2D eigenvalue weighted by atomic mass is 9.95. The van der Waals surface area contributed by atoms with Crippen molar-refractivity contribution in [3.8, 4) is 0 Å². The third-order valence-electron chi connectivity index (χ3n) is 3.49. The smallest absolute Gasteiger partial charge is 0.0409 e. The zero-order valence-electron chi connectivity index (χ0n) is 10.3. The molecule has 0 aromatic heterocycles. The molecule has 0 unspecified atom stereocenters. The van der Waals surface area contributed by atoms with Crippen LogP contribution in [0.2, 0.25) is 5.02 Å². The van der Waals surface area contributed by atoms with Crippen molar-refractivity contribution in [3.63, 3.8) is 0 Å². The van der Waals surface area contributed by atoms with Crippen molar-refractivity contribution in [2.75, 3.05) is 6.26 Å². The van der Waals surface area contributed by atoms with Crippen molar-refractivity contribution < 1.29 is 0 Å². The first kappa shape index (κ1) is 13.3. The minimum absolute atomic E-state index is 0.692. The molecule has 2 rings (SSSR count). The molecule has 1 aromatic rings. The van der Waals surface area contributed by atoms with Gasteiger partial charge in [-0.2, -0.15) is 11.8 Å². The molecule has 1 N–H and O–H groups in total. The normalized spacial score (nSPS) is 24.8. The van der Waals surface area contributed by atoms with Crippen LogP contribution in [0, 0.1) is 0 Å². The molecule has 0 spiro atoms. The lowest BCUT2D eigenvalue weighted by molar-refractivity contribution is 0.379. The summed E-state index contributed by atoms with van der Waals surface area (Å²) >= 11 is 7.99. The van der Waals surface area contributed by atoms with E-state index in [9.17, 15) is 0 Å². The van der Waals surface area contributed by atoms with Crippen LogP contribution in [0.5, 0.6) is 0 Å². The van der Waals surface area contributed by atoms with E-state index in [2.05, 4.69) is 17.6 Å². The summed E-state index contributed by atoms with van der Waals surface area (Å²) in [5.41, 5.74) is 1.28. The predicted octanol–water partition coefficient (Wildman–Crippen LogP) is 4.10. The second kappa shape index (κ2) is 6.67. The fourth-order valence-corrected chi connectivity index (χ4v) is 3.37. The van der Waals surface area contributed by atoms with E-state index in [1.807, 2.05) is 30.0 Å². The number of thioether (sulfide) groups is 1. The Kier molecular flexibility index (Phi) is 5.20. The summed E-state index contributed by atoms with van der Waals surface area (Å²) in [5.74, 6) is 0. The van der Waals surface area contributed by atoms with Gasteiger partial charge in [-0.1, -0.05) is 23.7 Å². The second-order valence-electron chi connectivity index (χ2n) is 4.72. The molecule has 1 aromatic carbocycles. The highest BCUT2D eigenvalue weighted by Gasteiger charge is 2.19. The zero-order valence-corrected chi connectivity index (χ0v) is 11.9. The average Bonchev–Trinajstić information content (AvgIpc) is 2.37. The lowest BCUT2D eigenvalue weighted by Crippen LogP contribution is -2.33. The van der Waals surface area contributed by atoms with E-state index in [4.69, 9.17) is 11.6 Å². The third kappa shape index (κ3) is 4.20. The van der Waals surface area contributed by atoms with E-state index < -0.39 is 0 Å². The number of benzene rings is 1. The summed E-state index contributed by atoms with van der Waals surface area (Å²) in [6.07, 6.45) is 7.56. The van der Waals surface area contributed by atoms with Crippen molar-refractivity contribution in [2.24, 2.45) is 0 Å². The molecule has 17 heavy (non-hydrogen) atoms. The molecule has 94 valence electrons. The largest absolute Gasteiger partial charge is 0.310 e. The van der Waals surface area contributed by atoms with E-state index in [1.54, 1.807) is 0 Å². The Morgan fingerprint density at radius 3 is 2.71 bits per heavy atom. The molecule has 0 radical (unpaired) electrons. The summed E-state index contributed by atoms with van der Waals surface area (Å²) in [5, 5.41) is 5.36. The number of nitrogens with one attached hydrogen (secondary N) is 1. The molecule has 1 saturated carbocycles. The van der Waals surface area contributed by atoms with E-state index in [0.29, 0.717) is 6.04 Å². The first-order chi connectivity index (χ1) is 8.28. The molecule has 1 fully saturated rings. The molecular weight excluding hydrogens is 250 g/mol. The molecule has 0 atom stereocenters. The fourth-order valence-electron chi connectivity index (χ4n) is 2.41. The number of hydrogen-bond donors (Lipinski definition) is 1. The maximum Gasteiger partial charge on any atom is 0.0409 e. The van der Waals surface area contributed by atoms with Gasteiger partial charge in [0.2, 0.25) is 0 Å². The average molecular weight is 270 g/mol. The summed E-state index contributed by atoms with van der Waals surface area (Å²) in [6.45, 7) is 0.940. The predicted molar refractivity (Wildman–Crippen MR) is 77.9 cm³/mol. The first-order valence-corrected chi connectivity index (χ1v) is 7.95. The highest BCUT2D eigenvalue weighted by molar-refractivity contribution is 7.99. The maximum atomic E-state index is 5.97. The van der Waals surface area contributed by atoms with E-state index in [1.165, 1.54) is 31.2 Å². The van der Waals surface area contributed by atoms with Gasteiger partial charge < -0.3 is 5.32 Å². The minimum atomic E-state index is 0.692. The highest BCUT2D eigenvalue weighted by atomic mass is 35.5. The van der Waals surface area contributed by atoms with Gasteiger partial charge in [-0.05, 0) is 49.6 Å². The van der Waals surface area contributed by atoms with Crippen LogP contribution < -0.4 is 5.32 Å². The molecule has 1 aliphatic rings. The van der Waals surface area contributed by atoms with E-state index >= 15 is 0 Å². The molecule has 0 aliphatic heterocycles. The molecule has 0 heterocycles. The molecular formula is C14H20ClNS. The van der Waals surface area contributed by atoms with Crippen LogP contribution in [0.15, 0.2) is 24.3 Å². The zero-order chi connectivity index (χ0) is 12.1. The van der Waals surface area contributed by atoms with Crippen molar-refractivity contribution >= 4 is 23.4 Å². The Balaban J connectivity index is 1.76. The maximum absolute atomic E-state index is 5.97. The van der Waals surface area contributed by atoms with Gasteiger partial charge in [0.05, 0.1) is 0 Å². The quantitative estimate of drug-likeness (QED) is 0.883. The molecule has 1 nitrogen and oxygen atoms in total. The van der Waals surface area contributed by atoms with Crippen molar-refractivity contribution in [3.05, 3.63) is 34.9 Å². The Morgan fingerprint density at radius 1 is 1.29 bits per heavy atom. The number of hydrogen-bond acceptors (Lipinski definition) is 2. The Bertz CT molecular complexity index is 348.